The zero-order chi connectivity index (χ0) is 22.9. The van der Waals surface area contributed by atoms with E-state index < -0.39 is 12.9 Å². The summed E-state index contributed by atoms with van der Waals surface area (Å²) in [5, 5.41) is 7.14. The molecule has 0 unspecified atom stereocenters. The molecular weight excluding hydrogens is 493 g/mol. The summed E-state index contributed by atoms with van der Waals surface area (Å²) in [6, 6.07) is 32.9. The first kappa shape index (κ1) is 27.1. The third kappa shape index (κ3) is 7.69. The summed E-state index contributed by atoms with van der Waals surface area (Å²) in [5.74, 6) is 0. The molecule has 176 valence electrons. The standard InChI is InChI=1S/C28H34NO2P.BrH/c1-28(2,3)31-27(30)29-22-14-7-15-23-32(24-16-8-4-9-17-24,25-18-10-5-11-19-25)26-20-12-6-13-21-26;/h4-6,8-13,16-21H,7,14-15,22-23H2,1-3H3;1H. The van der Waals surface area contributed by atoms with Crippen molar-refractivity contribution >= 4 is 29.3 Å². The molecule has 0 fully saturated rings. The van der Waals surface area contributed by atoms with Crippen molar-refractivity contribution < 1.29 is 26.5 Å². The van der Waals surface area contributed by atoms with Crippen molar-refractivity contribution in [3.8, 4) is 0 Å². The minimum Gasteiger partial charge on any atom is -1.00 e. The summed E-state index contributed by atoms with van der Waals surface area (Å²) in [7, 11) is -1.76. The molecule has 1 N–H and O–H groups in total. The number of hydrogen-bond acceptors (Lipinski definition) is 2. The number of rotatable bonds is 9. The zero-order valence-electron chi connectivity index (χ0n) is 19.8. The monoisotopic (exact) mass is 527 g/mol. The Kier molecular flexibility index (Phi) is 10.6. The van der Waals surface area contributed by atoms with Crippen LogP contribution < -0.4 is 38.2 Å². The van der Waals surface area contributed by atoms with Crippen molar-refractivity contribution in [1.29, 1.82) is 0 Å². The predicted octanol–water partition coefficient (Wildman–Crippen LogP) is 2.68. The molecule has 0 saturated carbocycles. The van der Waals surface area contributed by atoms with E-state index in [2.05, 4.69) is 96.3 Å². The number of hydrogen-bond donors (Lipinski definition) is 1. The van der Waals surface area contributed by atoms with Crippen LogP contribution >= 0.6 is 7.26 Å². The van der Waals surface area contributed by atoms with Gasteiger partial charge >= 0.3 is 6.09 Å². The molecule has 0 atom stereocenters. The van der Waals surface area contributed by atoms with Gasteiger partial charge in [-0.1, -0.05) is 54.6 Å². The molecule has 0 heterocycles. The van der Waals surface area contributed by atoms with E-state index in [1.54, 1.807) is 0 Å². The lowest BCUT2D eigenvalue weighted by Crippen LogP contribution is -3.00. The first-order chi connectivity index (χ1) is 15.4. The van der Waals surface area contributed by atoms with Gasteiger partial charge in [-0.2, -0.15) is 0 Å². The normalized spacial score (nSPS) is 11.4. The second kappa shape index (κ2) is 12.9. The molecule has 33 heavy (non-hydrogen) atoms. The van der Waals surface area contributed by atoms with Crippen LogP contribution in [0.5, 0.6) is 0 Å². The van der Waals surface area contributed by atoms with Gasteiger partial charge in [0.25, 0.3) is 0 Å². The van der Waals surface area contributed by atoms with E-state index in [0.717, 1.165) is 25.4 Å². The highest BCUT2D eigenvalue weighted by molar-refractivity contribution is 7.95. The van der Waals surface area contributed by atoms with Gasteiger partial charge in [0.2, 0.25) is 0 Å². The van der Waals surface area contributed by atoms with Gasteiger partial charge in [0.05, 0.1) is 6.16 Å². The fourth-order valence-corrected chi connectivity index (χ4v) is 8.45. The lowest BCUT2D eigenvalue weighted by atomic mass is 10.2. The van der Waals surface area contributed by atoms with Gasteiger partial charge in [0, 0.05) is 6.54 Å². The van der Waals surface area contributed by atoms with Crippen molar-refractivity contribution in [2.75, 3.05) is 12.7 Å². The van der Waals surface area contributed by atoms with E-state index in [0.29, 0.717) is 6.54 Å². The summed E-state index contributed by atoms with van der Waals surface area (Å²) in [5.41, 5.74) is -0.463. The molecule has 0 aliphatic heterocycles. The molecule has 0 aliphatic carbocycles. The molecule has 3 aromatic carbocycles. The molecule has 0 aliphatic rings. The van der Waals surface area contributed by atoms with E-state index >= 15 is 0 Å². The molecule has 3 rings (SSSR count). The first-order valence-corrected chi connectivity index (χ1v) is 13.4. The highest BCUT2D eigenvalue weighted by Gasteiger charge is 2.44. The Balaban J connectivity index is 0.00000385. The Hall–Kier alpha value is -2.16. The Morgan fingerprint density at radius 3 is 1.55 bits per heavy atom. The van der Waals surface area contributed by atoms with E-state index in [-0.39, 0.29) is 23.1 Å². The van der Waals surface area contributed by atoms with Crippen LogP contribution in [0.2, 0.25) is 0 Å². The molecule has 5 heteroatoms. The van der Waals surface area contributed by atoms with Crippen molar-refractivity contribution in [3.63, 3.8) is 0 Å². The Morgan fingerprint density at radius 1 is 0.727 bits per heavy atom. The Bertz CT molecular complexity index is 863. The van der Waals surface area contributed by atoms with E-state index in [1.807, 2.05) is 20.8 Å². The van der Waals surface area contributed by atoms with Crippen molar-refractivity contribution in [3.05, 3.63) is 91.0 Å². The number of ether oxygens (including phenoxy) is 1. The van der Waals surface area contributed by atoms with Crippen LogP contribution in [0, 0.1) is 0 Å². The largest absolute Gasteiger partial charge is 1.00 e. The van der Waals surface area contributed by atoms with Crippen molar-refractivity contribution in [1.82, 2.24) is 5.32 Å². The second-order valence-corrected chi connectivity index (χ2v) is 12.6. The van der Waals surface area contributed by atoms with Gasteiger partial charge in [0.1, 0.15) is 28.8 Å². The predicted molar refractivity (Wildman–Crippen MR) is 138 cm³/mol. The fraction of sp³-hybridized carbons (Fsp3) is 0.321. The quantitative estimate of drug-likeness (QED) is 0.343. The van der Waals surface area contributed by atoms with Crippen LogP contribution in [-0.4, -0.2) is 24.4 Å². The van der Waals surface area contributed by atoms with E-state index in [9.17, 15) is 4.79 Å². The number of carbonyl (C=O) groups is 1. The molecule has 0 aromatic heterocycles. The third-order valence-electron chi connectivity index (χ3n) is 5.43. The Morgan fingerprint density at radius 2 is 1.15 bits per heavy atom. The number of alkyl carbamates (subject to hydrolysis) is 1. The maximum absolute atomic E-state index is 11.9. The lowest BCUT2D eigenvalue weighted by Gasteiger charge is -2.27. The highest BCUT2D eigenvalue weighted by atomic mass is 79.9. The molecular formula is C28H35BrNO2P. The minimum absolute atomic E-state index is 0. The van der Waals surface area contributed by atoms with Crippen LogP contribution in [0.4, 0.5) is 4.79 Å². The summed E-state index contributed by atoms with van der Waals surface area (Å²) >= 11 is 0. The average Bonchev–Trinajstić information content (AvgIpc) is 2.79. The van der Waals surface area contributed by atoms with Crippen LogP contribution in [0.1, 0.15) is 40.0 Å². The minimum atomic E-state index is -1.76. The maximum atomic E-state index is 11.9. The maximum Gasteiger partial charge on any atom is 0.407 e. The number of halogens is 1. The number of unbranched alkanes of at least 4 members (excludes halogenated alkanes) is 2. The second-order valence-electron chi connectivity index (χ2n) is 9.03. The number of nitrogens with one attached hydrogen (secondary N) is 1. The van der Waals surface area contributed by atoms with Gasteiger partial charge in [-0.3, -0.25) is 0 Å². The van der Waals surface area contributed by atoms with Gasteiger partial charge < -0.3 is 27.0 Å². The topological polar surface area (TPSA) is 38.3 Å². The van der Waals surface area contributed by atoms with Crippen LogP contribution in [0.3, 0.4) is 0 Å². The molecule has 1 amide bonds. The van der Waals surface area contributed by atoms with E-state index in [4.69, 9.17) is 4.74 Å². The van der Waals surface area contributed by atoms with E-state index in [1.165, 1.54) is 15.9 Å². The number of benzene rings is 3. The molecule has 0 radical (unpaired) electrons. The number of carbonyl (C=O) groups excluding carboxylic acids is 1. The average molecular weight is 528 g/mol. The third-order valence-corrected chi connectivity index (χ3v) is 9.96. The highest BCUT2D eigenvalue weighted by Crippen LogP contribution is 2.55. The van der Waals surface area contributed by atoms with Gasteiger partial charge in [0.15, 0.2) is 0 Å². The summed E-state index contributed by atoms with van der Waals surface area (Å²) in [6.07, 6.45) is 3.87. The molecule has 0 spiro atoms. The van der Waals surface area contributed by atoms with Gasteiger partial charge in [-0.25, -0.2) is 4.79 Å². The molecule has 3 aromatic rings. The summed E-state index contributed by atoms with van der Waals surface area (Å²) in [6.45, 7) is 6.29. The van der Waals surface area contributed by atoms with Gasteiger partial charge in [-0.05, 0) is 76.4 Å². The fourth-order valence-electron chi connectivity index (χ4n) is 4.04. The van der Waals surface area contributed by atoms with Crippen LogP contribution in [0.25, 0.3) is 0 Å². The number of amides is 1. The summed E-state index contributed by atoms with van der Waals surface area (Å²) in [4.78, 5) is 11.9. The van der Waals surface area contributed by atoms with Gasteiger partial charge in [-0.15, -0.1) is 0 Å². The lowest BCUT2D eigenvalue weighted by molar-refractivity contribution is -0.0000284. The van der Waals surface area contributed by atoms with Crippen LogP contribution in [-0.2, 0) is 4.74 Å². The molecule has 0 bridgehead atoms. The zero-order valence-corrected chi connectivity index (χ0v) is 22.3. The Labute approximate surface area is 210 Å². The molecule has 3 nitrogen and oxygen atoms in total. The van der Waals surface area contributed by atoms with Crippen molar-refractivity contribution in [2.45, 2.75) is 45.6 Å². The van der Waals surface area contributed by atoms with Crippen molar-refractivity contribution in [2.24, 2.45) is 0 Å². The first-order valence-electron chi connectivity index (χ1n) is 11.4. The smallest absolute Gasteiger partial charge is 0.407 e. The summed E-state index contributed by atoms with van der Waals surface area (Å²) < 4.78 is 5.33. The SMILES string of the molecule is CC(C)(C)OC(=O)NCCCCC[P+](c1ccccc1)(c1ccccc1)c1ccccc1.[Br-]. The van der Waals surface area contributed by atoms with Crippen LogP contribution in [0.15, 0.2) is 91.0 Å². The molecule has 0 saturated heterocycles.